The summed E-state index contributed by atoms with van der Waals surface area (Å²) in [4.78, 5) is 10.8. The van der Waals surface area contributed by atoms with Gasteiger partial charge in [-0.3, -0.25) is 0 Å². The molecule has 1 aliphatic rings. The number of hydrogen-bond donors (Lipinski definition) is 1. The van der Waals surface area contributed by atoms with Crippen LogP contribution in [0.3, 0.4) is 0 Å². The van der Waals surface area contributed by atoms with Crippen LogP contribution in [0.2, 0.25) is 0 Å². The maximum atomic E-state index is 9.38. The van der Waals surface area contributed by atoms with E-state index < -0.39 is 0 Å². The number of anilines is 1. The fraction of sp³-hybridized carbons (Fsp3) is 0.615. The highest BCUT2D eigenvalue weighted by molar-refractivity contribution is 5.53. The van der Waals surface area contributed by atoms with E-state index in [9.17, 15) is 5.11 Å². The predicted octanol–water partition coefficient (Wildman–Crippen LogP) is 0.948. The summed E-state index contributed by atoms with van der Waals surface area (Å²) in [5.41, 5.74) is 2.11. The van der Waals surface area contributed by atoms with Crippen molar-refractivity contribution < 1.29 is 5.11 Å². The van der Waals surface area contributed by atoms with Crippen LogP contribution in [-0.2, 0) is 0 Å². The molecule has 19 heavy (non-hydrogen) atoms. The smallest absolute Gasteiger partial charge is 0.254 e. The van der Waals surface area contributed by atoms with Crippen LogP contribution in [0.5, 0.6) is 0 Å². The summed E-state index contributed by atoms with van der Waals surface area (Å²) in [6, 6.07) is 0. The van der Waals surface area contributed by atoms with Gasteiger partial charge in [-0.25, -0.2) is 4.98 Å². The van der Waals surface area contributed by atoms with Crippen LogP contribution in [0.4, 0.5) is 5.82 Å². The molecule has 0 radical (unpaired) electrons. The van der Waals surface area contributed by atoms with Crippen LogP contribution >= 0.6 is 0 Å². The summed E-state index contributed by atoms with van der Waals surface area (Å²) in [6.07, 6.45) is 3.22. The summed E-state index contributed by atoms with van der Waals surface area (Å²) in [6.45, 7) is 4.98. The first-order chi connectivity index (χ1) is 9.06. The number of fused-ring (bicyclic) bond motifs is 1. The molecular formula is C13H19N5O. The van der Waals surface area contributed by atoms with Gasteiger partial charge >= 0.3 is 0 Å². The number of aryl methyl sites for hydroxylation is 1. The van der Waals surface area contributed by atoms with Crippen LogP contribution < -0.4 is 4.90 Å². The number of aliphatic hydroxyl groups is 1. The maximum absolute atomic E-state index is 9.38. The van der Waals surface area contributed by atoms with Crippen LogP contribution in [0.15, 0.2) is 6.33 Å². The van der Waals surface area contributed by atoms with Gasteiger partial charge in [0.15, 0.2) is 0 Å². The van der Waals surface area contributed by atoms with Gasteiger partial charge in [-0.05, 0) is 32.6 Å². The first kappa shape index (κ1) is 12.3. The molecule has 0 bridgehead atoms. The fourth-order valence-electron chi connectivity index (χ4n) is 2.79. The second-order valence-corrected chi connectivity index (χ2v) is 5.49. The van der Waals surface area contributed by atoms with Gasteiger partial charge in [0.05, 0.1) is 6.10 Å². The van der Waals surface area contributed by atoms with Crippen LogP contribution in [-0.4, -0.2) is 44.4 Å². The second kappa shape index (κ2) is 4.45. The lowest BCUT2D eigenvalue weighted by molar-refractivity contribution is 0.0464. The average Bonchev–Trinajstić information content (AvgIpc) is 2.75. The standard InChI is InChI=1S/C13H19N5O/c1-8-9(2)16-13-14-7-15-18(13)12(8)17(3)6-10-4-11(19)5-10/h7,10-11,19H,4-6H2,1-3H3. The Morgan fingerprint density at radius 2 is 2.16 bits per heavy atom. The Bertz CT molecular complexity index is 602. The zero-order valence-electron chi connectivity index (χ0n) is 11.5. The van der Waals surface area contributed by atoms with Crippen LogP contribution in [0.25, 0.3) is 5.78 Å². The van der Waals surface area contributed by atoms with E-state index in [1.807, 2.05) is 6.92 Å². The molecule has 0 atom stereocenters. The van der Waals surface area contributed by atoms with Gasteiger partial charge < -0.3 is 10.0 Å². The largest absolute Gasteiger partial charge is 0.393 e. The molecule has 6 nitrogen and oxygen atoms in total. The Morgan fingerprint density at radius 1 is 1.42 bits per heavy atom. The number of nitrogens with zero attached hydrogens (tertiary/aromatic N) is 5. The molecule has 0 aromatic carbocycles. The van der Waals surface area contributed by atoms with Crippen molar-refractivity contribution in [2.75, 3.05) is 18.5 Å². The zero-order valence-corrected chi connectivity index (χ0v) is 11.5. The number of aromatic nitrogens is 4. The summed E-state index contributed by atoms with van der Waals surface area (Å²) in [5, 5.41) is 13.6. The van der Waals surface area contributed by atoms with E-state index in [0.717, 1.165) is 36.5 Å². The Labute approximate surface area is 112 Å². The number of aliphatic hydroxyl groups excluding tert-OH is 1. The maximum Gasteiger partial charge on any atom is 0.254 e. The number of hydrogen-bond acceptors (Lipinski definition) is 5. The molecule has 0 unspecified atom stereocenters. The van der Waals surface area contributed by atoms with Gasteiger partial charge in [-0.1, -0.05) is 0 Å². The van der Waals surface area contributed by atoms with E-state index in [1.54, 1.807) is 4.52 Å². The molecule has 0 amide bonds. The van der Waals surface area contributed by atoms with Crippen molar-refractivity contribution >= 4 is 11.6 Å². The summed E-state index contributed by atoms with van der Waals surface area (Å²) >= 11 is 0. The van der Waals surface area contributed by atoms with Gasteiger partial charge in [-0.2, -0.15) is 14.6 Å². The minimum absolute atomic E-state index is 0.106. The highest BCUT2D eigenvalue weighted by Gasteiger charge is 2.29. The first-order valence-electron chi connectivity index (χ1n) is 6.62. The third-order valence-corrected chi connectivity index (χ3v) is 3.98. The van der Waals surface area contributed by atoms with Crippen LogP contribution in [0.1, 0.15) is 24.1 Å². The molecule has 2 heterocycles. The van der Waals surface area contributed by atoms with E-state index in [1.165, 1.54) is 6.33 Å². The Hall–Kier alpha value is -1.69. The predicted molar refractivity (Wildman–Crippen MR) is 72.3 cm³/mol. The molecule has 3 rings (SSSR count). The van der Waals surface area contributed by atoms with E-state index >= 15 is 0 Å². The molecule has 2 aromatic rings. The third-order valence-electron chi connectivity index (χ3n) is 3.98. The lowest BCUT2D eigenvalue weighted by Crippen LogP contribution is -2.38. The molecule has 6 heteroatoms. The van der Waals surface area contributed by atoms with Crippen molar-refractivity contribution in [3.63, 3.8) is 0 Å². The summed E-state index contributed by atoms with van der Waals surface area (Å²) < 4.78 is 1.79. The van der Waals surface area contributed by atoms with Crippen molar-refractivity contribution in [3.8, 4) is 0 Å². The van der Waals surface area contributed by atoms with Gasteiger partial charge in [-0.15, -0.1) is 0 Å². The van der Waals surface area contributed by atoms with E-state index in [-0.39, 0.29) is 6.10 Å². The quantitative estimate of drug-likeness (QED) is 0.891. The first-order valence-corrected chi connectivity index (χ1v) is 6.62. The van der Waals surface area contributed by atoms with Crippen molar-refractivity contribution in [1.82, 2.24) is 19.6 Å². The Morgan fingerprint density at radius 3 is 2.84 bits per heavy atom. The van der Waals surface area contributed by atoms with Crippen molar-refractivity contribution in [1.29, 1.82) is 0 Å². The molecule has 1 saturated carbocycles. The molecular weight excluding hydrogens is 242 g/mol. The van der Waals surface area contributed by atoms with Gasteiger partial charge in [0, 0.05) is 24.8 Å². The van der Waals surface area contributed by atoms with Crippen molar-refractivity contribution in [2.24, 2.45) is 5.92 Å². The summed E-state index contributed by atoms with van der Waals surface area (Å²) in [7, 11) is 2.06. The highest BCUT2D eigenvalue weighted by Crippen LogP contribution is 2.30. The lowest BCUT2D eigenvalue weighted by Gasteiger charge is -2.35. The average molecular weight is 261 g/mol. The van der Waals surface area contributed by atoms with E-state index in [4.69, 9.17) is 0 Å². The van der Waals surface area contributed by atoms with Crippen molar-refractivity contribution in [3.05, 3.63) is 17.6 Å². The summed E-state index contributed by atoms with van der Waals surface area (Å²) in [5.74, 6) is 2.24. The molecule has 2 aromatic heterocycles. The molecule has 1 N–H and O–H groups in total. The van der Waals surface area contributed by atoms with E-state index in [0.29, 0.717) is 11.7 Å². The molecule has 0 aliphatic heterocycles. The Balaban J connectivity index is 1.94. The Kier molecular flexibility index (Phi) is 2.89. The minimum atomic E-state index is -0.106. The molecule has 1 fully saturated rings. The molecule has 102 valence electrons. The van der Waals surface area contributed by atoms with E-state index in [2.05, 4.69) is 33.9 Å². The van der Waals surface area contributed by atoms with Gasteiger partial charge in [0.2, 0.25) is 0 Å². The minimum Gasteiger partial charge on any atom is -0.393 e. The normalized spacial score (nSPS) is 22.5. The van der Waals surface area contributed by atoms with Gasteiger partial charge in [0.1, 0.15) is 12.1 Å². The monoisotopic (exact) mass is 261 g/mol. The molecule has 0 spiro atoms. The second-order valence-electron chi connectivity index (χ2n) is 5.49. The van der Waals surface area contributed by atoms with Gasteiger partial charge in [0.25, 0.3) is 5.78 Å². The fourth-order valence-corrected chi connectivity index (χ4v) is 2.79. The lowest BCUT2D eigenvalue weighted by atomic mass is 9.82. The SMILES string of the molecule is Cc1nc2ncnn2c(N(C)CC2CC(O)C2)c1C. The van der Waals surface area contributed by atoms with Crippen LogP contribution in [0, 0.1) is 19.8 Å². The number of rotatable bonds is 3. The zero-order chi connectivity index (χ0) is 13.6. The van der Waals surface area contributed by atoms with Crippen molar-refractivity contribution in [2.45, 2.75) is 32.8 Å². The molecule has 1 aliphatic carbocycles. The highest BCUT2D eigenvalue weighted by atomic mass is 16.3. The third kappa shape index (κ3) is 2.06. The molecule has 0 saturated heterocycles. The topological polar surface area (TPSA) is 66.5 Å².